The van der Waals surface area contributed by atoms with Crippen LogP contribution in [-0.4, -0.2) is 28.8 Å². The van der Waals surface area contributed by atoms with Gasteiger partial charge in [-0.1, -0.05) is 13.8 Å². The number of halogens is 1. The molecule has 108 valence electrons. The normalized spacial score (nSPS) is 12.7. The van der Waals surface area contributed by atoms with Crippen LogP contribution in [0, 0.1) is 5.92 Å². The number of benzene rings is 1. The monoisotopic (exact) mass is 338 g/mol. The number of aliphatic hydroxyl groups is 1. The number of aliphatic hydroxyl groups excluding tert-OH is 1. The summed E-state index contributed by atoms with van der Waals surface area (Å²) in [5.41, 5.74) is 1.96. The summed E-state index contributed by atoms with van der Waals surface area (Å²) in [5, 5.41) is 9.46. The third kappa shape index (κ3) is 3.04. The van der Waals surface area contributed by atoms with Crippen molar-refractivity contribution < 1.29 is 9.84 Å². The van der Waals surface area contributed by atoms with Crippen molar-refractivity contribution in [3.63, 3.8) is 0 Å². The van der Waals surface area contributed by atoms with Crippen LogP contribution < -0.4 is 4.74 Å². The molecule has 0 aliphatic heterocycles. The predicted octanol–water partition coefficient (Wildman–Crippen LogP) is 3.58. The van der Waals surface area contributed by atoms with Gasteiger partial charge in [-0.25, -0.2) is 4.98 Å². The molecule has 1 heterocycles. The van der Waals surface area contributed by atoms with E-state index < -0.39 is 0 Å². The van der Waals surface area contributed by atoms with Gasteiger partial charge in [-0.3, -0.25) is 0 Å². The average Bonchev–Trinajstić information content (AvgIpc) is 2.88. The number of nitrogens with zero attached hydrogens (tertiary/aromatic N) is 1. The largest absolute Gasteiger partial charge is 0.496 e. The van der Waals surface area contributed by atoms with Crippen molar-refractivity contribution in [3.05, 3.63) is 34.7 Å². The molecule has 0 bridgehead atoms. The Morgan fingerprint density at radius 3 is 2.70 bits per heavy atom. The van der Waals surface area contributed by atoms with Crippen molar-refractivity contribution in [3.8, 4) is 17.0 Å². The lowest BCUT2D eigenvalue weighted by molar-refractivity contribution is 0.232. The summed E-state index contributed by atoms with van der Waals surface area (Å²) < 4.78 is 6.12. The molecule has 1 aromatic carbocycles. The molecule has 0 fully saturated rings. The lowest BCUT2D eigenvalue weighted by atomic mass is 9.96. The fourth-order valence-electron chi connectivity index (χ4n) is 2.12. The maximum Gasteiger partial charge on any atom is 0.133 e. The second-order valence-electron chi connectivity index (χ2n) is 5.06. The molecular weight excluding hydrogens is 320 g/mol. The van der Waals surface area contributed by atoms with Crippen LogP contribution in [0.15, 0.2) is 28.9 Å². The first-order valence-electron chi connectivity index (χ1n) is 6.56. The zero-order valence-corrected chi connectivity index (χ0v) is 13.4. The zero-order valence-electron chi connectivity index (χ0n) is 11.9. The Hall–Kier alpha value is -1.33. The number of methoxy groups -OCH3 is 1. The smallest absolute Gasteiger partial charge is 0.133 e. The summed E-state index contributed by atoms with van der Waals surface area (Å²) in [5.74, 6) is 1.99. The van der Waals surface area contributed by atoms with Crippen molar-refractivity contribution in [1.82, 2.24) is 9.97 Å². The molecule has 1 unspecified atom stereocenters. The predicted molar refractivity (Wildman–Crippen MR) is 82.9 cm³/mol. The van der Waals surface area contributed by atoms with E-state index in [0.717, 1.165) is 27.3 Å². The van der Waals surface area contributed by atoms with Crippen LogP contribution in [0.2, 0.25) is 0 Å². The van der Waals surface area contributed by atoms with E-state index in [1.165, 1.54) is 0 Å². The molecule has 1 atom stereocenters. The van der Waals surface area contributed by atoms with Crippen molar-refractivity contribution in [2.45, 2.75) is 19.8 Å². The van der Waals surface area contributed by atoms with Gasteiger partial charge in [-0.05, 0) is 40.0 Å². The summed E-state index contributed by atoms with van der Waals surface area (Å²) in [6, 6.07) is 5.87. The Morgan fingerprint density at radius 2 is 2.15 bits per heavy atom. The standard InChI is InChI=1S/C15H19BrN2O2/c1-9(2)11(8-19)15-17-7-13(18-15)10-4-5-14(20-3)12(16)6-10/h4-7,9,11,19H,8H2,1-3H3,(H,17,18). The van der Waals surface area contributed by atoms with Crippen molar-refractivity contribution in [2.24, 2.45) is 5.92 Å². The molecule has 20 heavy (non-hydrogen) atoms. The van der Waals surface area contributed by atoms with Crippen LogP contribution in [0.5, 0.6) is 5.75 Å². The van der Waals surface area contributed by atoms with Crippen LogP contribution in [0.25, 0.3) is 11.3 Å². The Balaban J connectivity index is 2.31. The van der Waals surface area contributed by atoms with E-state index in [1.54, 1.807) is 13.3 Å². The zero-order chi connectivity index (χ0) is 14.7. The molecule has 2 rings (SSSR count). The van der Waals surface area contributed by atoms with Gasteiger partial charge in [0.2, 0.25) is 0 Å². The first kappa shape index (κ1) is 15.1. The number of nitrogens with one attached hydrogen (secondary N) is 1. The molecule has 0 saturated heterocycles. The van der Waals surface area contributed by atoms with E-state index in [0.29, 0.717) is 5.92 Å². The van der Waals surface area contributed by atoms with Gasteiger partial charge in [0, 0.05) is 11.5 Å². The van der Waals surface area contributed by atoms with Crippen LogP contribution in [-0.2, 0) is 0 Å². The van der Waals surface area contributed by atoms with E-state index in [9.17, 15) is 5.11 Å². The van der Waals surface area contributed by atoms with Gasteiger partial charge in [0.25, 0.3) is 0 Å². The minimum Gasteiger partial charge on any atom is -0.496 e. The van der Waals surface area contributed by atoms with Crippen LogP contribution >= 0.6 is 15.9 Å². The van der Waals surface area contributed by atoms with Gasteiger partial charge in [-0.15, -0.1) is 0 Å². The summed E-state index contributed by atoms with van der Waals surface area (Å²) >= 11 is 3.48. The highest BCUT2D eigenvalue weighted by Crippen LogP contribution is 2.31. The minimum atomic E-state index is 0.0328. The quantitative estimate of drug-likeness (QED) is 0.875. The highest BCUT2D eigenvalue weighted by molar-refractivity contribution is 9.10. The number of ether oxygens (including phenoxy) is 1. The summed E-state index contributed by atoms with van der Waals surface area (Å²) in [4.78, 5) is 7.69. The molecule has 4 nitrogen and oxygen atoms in total. The highest BCUT2D eigenvalue weighted by Gasteiger charge is 2.18. The number of hydrogen-bond acceptors (Lipinski definition) is 3. The van der Waals surface area contributed by atoms with Gasteiger partial charge < -0.3 is 14.8 Å². The fourth-order valence-corrected chi connectivity index (χ4v) is 2.66. The second kappa shape index (κ2) is 6.41. The molecule has 0 aliphatic rings. The van der Waals surface area contributed by atoms with Gasteiger partial charge in [0.05, 0.1) is 30.1 Å². The second-order valence-corrected chi connectivity index (χ2v) is 5.92. The Labute approximate surface area is 127 Å². The topological polar surface area (TPSA) is 58.1 Å². The Kier molecular flexibility index (Phi) is 4.83. The molecule has 0 spiro atoms. The molecule has 1 aromatic heterocycles. The SMILES string of the molecule is COc1ccc(-c2cnc(C(CO)C(C)C)[nH]2)cc1Br. The van der Waals surface area contributed by atoms with Gasteiger partial charge in [-0.2, -0.15) is 0 Å². The van der Waals surface area contributed by atoms with Gasteiger partial charge >= 0.3 is 0 Å². The van der Waals surface area contributed by atoms with Crippen molar-refractivity contribution in [2.75, 3.05) is 13.7 Å². The summed E-state index contributed by atoms with van der Waals surface area (Å²) in [6.45, 7) is 4.25. The Morgan fingerprint density at radius 1 is 1.40 bits per heavy atom. The lowest BCUT2D eigenvalue weighted by Gasteiger charge is -2.15. The van der Waals surface area contributed by atoms with Crippen LogP contribution in [0.4, 0.5) is 0 Å². The van der Waals surface area contributed by atoms with Gasteiger partial charge in [0.15, 0.2) is 0 Å². The minimum absolute atomic E-state index is 0.0328. The van der Waals surface area contributed by atoms with Gasteiger partial charge in [0.1, 0.15) is 11.6 Å². The number of imidazole rings is 1. The van der Waals surface area contributed by atoms with Crippen LogP contribution in [0.1, 0.15) is 25.6 Å². The molecule has 0 amide bonds. The molecular formula is C15H19BrN2O2. The summed E-state index contributed by atoms with van der Waals surface area (Å²) in [7, 11) is 1.64. The van der Waals surface area contributed by atoms with Crippen molar-refractivity contribution >= 4 is 15.9 Å². The average molecular weight is 339 g/mol. The number of aromatic amines is 1. The first-order valence-corrected chi connectivity index (χ1v) is 7.35. The van der Waals surface area contributed by atoms with Crippen molar-refractivity contribution in [1.29, 1.82) is 0 Å². The summed E-state index contributed by atoms with van der Waals surface area (Å²) in [6.07, 6.45) is 1.80. The van der Waals surface area contributed by atoms with E-state index >= 15 is 0 Å². The first-order chi connectivity index (χ1) is 9.56. The third-order valence-electron chi connectivity index (χ3n) is 3.41. The highest BCUT2D eigenvalue weighted by atomic mass is 79.9. The number of H-pyrrole nitrogens is 1. The lowest BCUT2D eigenvalue weighted by Crippen LogP contribution is -2.12. The fraction of sp³-hybridized carbons (Fsp3) is 0.400. The number of rotatable bonds is 5. The molecule has 2 N–H and O–H groups in total. The Bertz CT molecular complexity index is 581. The molecule has 0 aliphatic carbocycles. The number of hydrogen-bond donors (Lipinski definition) is 2. The maximum absolute atomic E-state index is 9.46. The molecule has 0 radical (unpaired) electrons. The van der Waals surface area contributed by atoms with E-state index in [2.05, 4.69) is 39.7 Å². The molecule has 0 saturated carbocycles. The molecule has 2 aromatic rings. The van der Waals surface area contributed by atoms with Crippen LogP contribution in [0.3, 0.4) is 0 Å². The van der Waals surface area contributed by atoms with E-state index in [-0.39, 0.29) is 12.5 Å². The van der Waals surface area contributed by atoms with E-state index in [1.807, 2.05) is 18.2 Å². The molecule has 5 heteroatoms. The third-order valence-corrected chi connectivity index (χ3v) is 4.03. The van der Waals surface area contributed by atoms with E-state index in [4.69, 9.17) is 4.74 Å². The maximum atomic E-state index is 9.46. The number of aromatic nitrogens is 2.